The number of amides is 1. The van der Waals surface area contributed by atoms with Gasteiger partial charge < -0.3 is 20.3 Å². The minimum Gasteiger partial charge on any atom is -0.462 e. The number of carbonyl (C=O) groups excluding carboxylic acids is 2. The monoisotopic (exact) mass is 786 g/mol. The first-order chi connectivity index (χ1) is 27.5. The molecule has 1 amide bonds. The molecule has 0 fully saturated rings. The lowest BCUT2D eigenvalue weighted by molar-refractivity contribution is -0.151. The maximum Gasteiger partial charge on any atom is 0.306 e. The van der Waals surface area contributed by atoms with Gasteiger partial charge in [-0.05, 0) is 64.2 Å². The van der Waals surface area contributed by atoms with E-state index in [4.69, 9.17) is 4.74 Å². The summed E-state index contributed by atoms with van der Waals surface area (Å²) in [5.74, 6) is -0.527. The smallest absolute Gasteiger partial charge is 0.306 e. The van der Waals surface area contributed by atoms with E-state index in [1.165, 1.54) is 103 Å². The number of esters is 1. The van der Waals surface area contributed by atoms with Crippen molar-refractivity contribution < 1.29 is 24.5 Å². The molecule has 56 heavy (non-hydrogen) atoms. The van der Waals surface area contributed by atoms with Gasteiger partial charge in [-0.25, -0.2) is 0 Å². The molecule has 0 heterocycles. The molecular formula is C50H91NO5. The van der Waals surface area contributed by atoms with Gasteiger partial charge >= 0.3 is 5.97 Å². The van der Waals surface area contributed by atoms with Gasteiger partial charge in [-0.3, -0.25) is 9.59 Å². The number of hydrogen-bond acceptors (Lipinski definition) is 5. The van der Waals surface area contributed by atoms with Crippen molar-refractivity contribution >= 4 is 11.9 Å². The fraction of sp³-hybridized carbons (Fsp3) is 0.800. The average Bonchev–Trinajstić information content (AvgIpc) is 3.19. The lowest BCUT2D eigenvalue weighted by Crippen LogP contribution is -2.46. The molecule has 0 aromatic heterocycles. The Morgan fingerprint density at radius 3 is 1.54 bits per heavy atom. The molecule has 0 radical (unpaired) electrons. The second-order valence-corrected chi connectivity index (χ2v) is 16.2. The molecule has 3 unspecified atom stereocenters. The van der Waals surface area contributed by atoms with Crippen molar-refractivity contribution in [2.75, 3.05) is 6.61 Å². The number of rotatable bonds is 42. The van der Waals surface area contributed by atoms with Gasteiger partial charge in [0.15, 0.2) is 0 Å². The topological polar surface area (TPSA) is 95.9 Å². The third-order valence-corrected chi connectivity index (χ3v) is 10.7. The molecule has 0 spiro atoms. The molecule has 6 nitrogen and oxygen atoms in total. The van der Waals surface area contributed by atoms with Crippen molar-refractivity contribution in [1.82, 2.24) is 5.32 Å². The lowest BCUT2D eigenvalue weighted by atomic mass is 10.0. The molecular weight excluding hydrogens is 695 g/mol. The van der Waals surface area contributed by atoms with Crippen LogP contribution in [-0.4, -0.2) is 46.9 Å². The van der Waals surface area contributed by atoms with Crippen molar-refractivity contribution in [2.45, 2.75) is 251 Å². The number of aliphatic hydroxyl groups excluding tert-OH is 2. The van der Waals surface area contributed by atoms with E-state index in [0.717, 1.165) is 83.5 Å². The normalized spacial score (nSPS) is 13.7. The summed E-state index contributed by atoms with van der Waals surface area (Å²) in [6.45, 7) is 6.32. The van der Waals surface area contributed by atoms with E-state index in [1.807, 2.05) is 0 Å². The van der Waals surface area contributed by atoms with E-state index in [0.29, 0.717) is 19.3 Å². The Bertz CT molecular complexity index is 972. The first-order valence-corrected chi connectivity index (χ1v) is 23.9. The lowest BCUT2D eigenvalue weighted by Gasteiger charge is -2.24. The van der Waals surface area contributed by atoms with Gasteiger partial charge in [-0.1, -0.05) is 204 Å². The quantitative estimate of drug-likeness (QED) is 0.0248. The summed E-state index contributed by atoms with van der Waals surface area (Å²) in [5, 5.41) is 23.7. The highest BCUT2D eigenvalue weighted by atomic mass is 16.5. The third kappa shape index (κ3) is 38.7. The number of unbranched alkanes of at least 4 members (excludes halogenated alkanes) is 24. The Hall–Kier alpha value is -2.18. The Morgan fingerprint density at radius 1 is 0.536 bits per heavy atom. The molecule has 0 aliphatic rings. The molecule has 0 aromatic rings. The van der Waals surface area contributed by atoms with Crippen LogP contribution in [0.5, 0.6) is 0 Å². The van der Waals surface area contributed by atoms with Gasteiger partial charge in [0.1, 0.15) is 6.10 Å². The first kappa shape index (κ1) is 53.8. The standard InChI is InChI=1S/C50H91NO5/c1-4-7-10-13-16-19-22-24-27-30-33-36-39-42-48(53)47(45-52)51-49(54)44-46(41-38-35-32-29-26-21-18-15-12-9-6-3)56-50(55)43-40-37-34-31-28-25-23-20-17-14-11-8-5-2/h8,11,14,17,20,23,29,32,46-48,52-53H,4-7,9-10,12-13,15-16,18-19,21-22,24-28,30-31,33-45H2,1-3H3,(H,51,54)/b11-8+,17-14+,23-20-,32-29-. The van der Waals surface area contributed by atoms with E-state index >= 15 is 0 Å². The van der Waals surface area contributed by atoms with E-state index in [1.54, 1.807) is 0 Å². The number of ether oxygens (including phenoxy) is 1. The summed E-state index contributed by atoms with van der Waals surface area (Å²) in [6, 6.07) is -0.712. The first-order valence-electron chi connectivity index (χ1n) is 23.9. The summed E-state index contributed by atoms with van der Waals surface area (Å²) in [5.41, 5.74) is 0. The Morgan fingerprint density at radius 2 is 1.00 bits per heavy atom. The van der Waals surface area contributed by atoms with Gasteiger partial charge in [0, 0.05) is 6.42 Å². The van der Waals surface area contributed by atoms with Crippen molar-refractivity contribution in [3.63, 3.8) is 0 Å². The Kier molecular flexibility index (Phi) is 42.2. The summed E-state index contributed by atoms with van der Waals surface area (Å²) >= 11 is 0. The predicted molar refractivity (Wildman–Crippen MR) is 241 cm³/mol. The summed E-state index contributed by atoms with van der Waals surface area (Å²) in [7, 11) is 0. The average molecular weight is 786 g/mol. The van der Waals surface area contributed by atoms with Crippen LogP contribution in [0.25, 0.3) is 0 Å². The number of nitrogens with one attached hydrogen (secondary N) is 1. The minimum atomic E-state index is -0.796. The van der Waals surface area contributed by atoms with Crippen molar-refractivity contribution in [2.24, 2.45) is 0 Å². The van der Waals surface area contributed by atoms with Crippen LogP contribution in [0.2, 0.25) is 0 Å². The van der Waals surface area contributed by atoms with Crippen molar-refractivity contribution in [3.8, 4) is 0 Å². The van der Waals surface area contributed by atoms with Crippen LogP contribution >= 0.6 is 0 Å². The SMILES string of the molecule is CC/C=C/C=C/C=C\CCCCCCCC(=O)OC(CCC/C=C\CCCCCCCC)CC(=O)NC(CO)C(O)CCCCCCCCCCCCCCC. The van der Waals surface area contributed by atoms with E-state index < -0.39 is 18.2 Å². The van der Waals surface area contributed by atoms with E-state index in [9.17, 15) is 19.8 Å². The number of aliphatic hydroxyl groups is 2. The minimum absolute atomic E-state index is 0.0484. The van der Waals surface area contributed by atoms with Crippen LogP contribution in [0.1, 0.15) is 233 Å². The fourth-order valence-corrected chi connectivity index (χ4v) is 7.08. The van der Waals surface area contributed by atoms with Crippen LogP contribution in [0.15, 0.2) is 48.6 Å². The van der Waals surface area contributed by atoms with Gasteiger partial charge in [-0.15, -0.1) is 0 Å². The number of carbonyl (C=O) groups is 2. The zero-order valence-electron chi connectivity index (χ0n) is 37.0. The van der Waals surface area contributed by atoms with Gasteiger partial charge in [0.25, 0.3) is 0 Å². The largest absolute Gasteiger partial charge is 0.462 e. The van der Waals surface area contributed by atoms with Gasteiger partial charge in [0.05, 0.1) is 25.2 Å². The zero-order valence-corrected chi connectivity index (χ0v) is 37.0. The second-order valence-electron chi connectivity index (χ2n) is 16.2. The van der Waals surface area contributed by atoms with E-state index in [2.05, 4.69) is 74.7 Å². The van der Waals surface area contributed by atoms with Gasteiger partial charge in [-0.2, -0.15) is 0 Å². The molecule has 0 aromatic carbocycles. The molecule has 0 saturated heterocycles. The molecule has 0 aliphatic heterocycles. The summed E-state index contributed by atoms with van der Waals surface area (Å²) in [4.78, 5) is 26.0. The maximum atomic E-state index is 13.1. The predicted octanol–water partition coefficient (Wildman–Crippen LogP) is 13.9. The maximum absolute atomic E-state index is 13.1. The molecule has 6 heteroatoms. The molecule has 0 aliphatic carbocycles. The van der Waals surface area contributed by atoms with Crippen LogP contribution in [0.3, 0.4) is 0 Å². The second kappa shape index (κ2) is 43.9. The molecule has 326 valence electrons. The van der Waals surface area contributed by atoms with Crippen molar-refractivity contribution in [1.29, 1.82) is 0 Å². The molecule has 3 atom stereocenters. The van der Waals surface area contributed by atoms with Crippen molar-refractivity contribution in [3.05, 3.63) is 48.6 Å². The summed E-state index contributed by atoms with van der Waals surface area (Å²) in [6.07, 6.45) is 51.7. The van der Waals surface area contributed by atoms with Crippen LogP contribution in [0, 0.1) is 0 Å². The van der Waals surface area contributed by atoms with Crippen LogP contribution in [-0.2, 0) is 14.3 Å². The fourth-order valence-electron chi connectivity index (χ4n) is 7.08. The molecule has 0 rings (SSSR count). The highest BCUT2D eigenvalue weighted by Gasteiger charge is 2.24. The third-order valence-electron chi connectivity index (χ3n) is 10.7. The Balaban J connectivity index is 4.61. The van der Waals surface area contributed by atoms with Gasteiger partial charge in [0.2, 0.25) is 5.91 Å². The zero-order chi connectivity index (χ0) is 41.0. The van der Waals surface area contributed by atoms with Crippen LogP contribution < -0.4 is 5.32 Å². The van der Waals surface area contributed by atoms with E-state index in [-0.39, 0.29) is 24.9 Å². The molecule has 0 bridgehead atoms. The highest BCUT2D eigenvalue weighted by Crippen LogP contribution is 2.17. The van der Waals surface area contributed by atoms with Crippen LogP contribution in [0.4, 0.5) is 0 Å². The number of allylic oxidation sites excluding steroid dienone is 8. The highest BCUT2D eigenvalue weighted by molar-refractivity contribution is 5.77. The summed E-state index contributed by atoms with van der Waals surface area (Å²) < 4.78 is 5.88. The molecule has 3 N–H and O–H groups in total. The molecule has 0 saturated carbocycles. The Labute approximate surface area is 346 Å². The number of hydrogen-bond donors (Lipinski definition) is 3.